The van der Waals surface area contributed by atoms with E-state index in [2.05, 4.69) is 4.99 Å². The van der Waals surface area contributed by atoms with Crippen LogP contribution in [0.2, 0.25) is 0 Å². The minimum atomic E-state index is -2.33. The summed E-state index contributed by atoms with van der Waals surface area (Å²) in [6.45, 7) is 0. The molecule has 0 radical (unpaired) electrons. The van der Waals surface area contributed by atoms with Gasteiger partial charge in [-0.3, -0.25) is 4.99 Å². The first-order valence-electron chi connectivity index (χ1n) is 4.70. The van der Waals surface area contributed by atoms with Crippen LogP contribution in [0.1, 0.15) is 5.56 Å². The second kappa shape index (κ2) is 4.42. The Balaban J connectivity index is 2.50. The molecule has 0 fully saturated rings. The average molecular weight is 234 g/mol. The first-order chi connectivity index (χ1) is 7.68. The molecule has 1 heterocycles. The van der Waals surface area contributed by atoms with Gasteiger partial charge in [0.15, 0.2) is 0 Å². The molecule has 0 aromatic heterocycles. The molecule has 1 atom stereocenters. The van der Waals surface area contributed by atoms with Crippen molar-refractivity contribution in [2.45, 2.75) is 6.17 Å². The second-order valence-electron chi connectivity index (χ2n) is 3.33. The highest BCUT2D eigenvalue weighted by Crippen LogP contribution is 2.15. The highest BCUT2D eigenvalue weighted by atomic mass is 32.2. The average Bonchev–Trinajstić information content (AvgIpc) is 2.30. The highest BCUT2D eigenvalue weighted by Gasteiger charge is 2.14. The largest absolute Gasteiger partial charge is 0.305 e. The number of hydrogen-bond acceptors (Lipinski definition) is 4. The topological polar surface area (TPSA) is 72.5 Å². The fourth-order valence-electron chi connectivity index (χ4n) is 1.45. The highest BCUT2D eigenvalue weighted by molar-refractivity contribution is 7.73. The first kappa shape index (κ1) is 10.8. The summed E-state index contributed by atoms with van der Waals surface area (Å²) < 4.78 is 21.8. The Labute approximate surface area is 94.7 Å². The zero-order valence-electron chi connectivity index (χ0n) is 8.37. The van der Waals surface area contributed by atoms with Gasteiger partial charge in [0.2, 0.25) is 10.3 Å². The summed E-state index contributed by atoms with van der Waals surface area (Å²) in [7, 11) is -2.33. The van der Waals surface area contributed by atoms with Gasteiger partial charge in [-0.1, -0.05) is 30.3 Å². The van der Waals surface area contributed by atoms with Crippen LogP contribution in [0, 0.1) is 0 Å². The lowest BCUT2D eigenvalue weighted by Crippen LogP contribution is -2.30. The van der Waals surface area contributed by atoms with E-state index in [4.69, 9.17) is 5.73 Å². The fourth-order valence-corrected chi connectivity index (χ4v) is 1.93. The van der Waals surface area contributed by atoms with Crippen LogP contribution in [0.25, 0.3) is 5.57 Å². The molecule has 1 unspecified atom stereocenters. The van der Waals surface area contributed by atoms with E-state index in [0.717, 1.165) is 11.1 Å². The third kappa shape index (κ3) is 2.10. The standard InChI is InChI=1S/C11H10N2O2S/c12-11-10(16(14)15)6-9(7-13-11)8-4-2-1-3-5-8/h1-7,11H,12H2. The normalized spacial score (nSPS) is 19.4. The first-order valence-corrected chi connectivity index (χ1v) is 5.78. The summed E-state index contributed by atoms with van der Waals surface area (Å²) in [6.07, 6.45) is 2.36. The quantitative estimate of drug-likeness (QED) is 0.719. The van der Waals surface area contributed by atoms with E-state index in [1.165, 1.54) is 0 Å². The monoisotopic (exact) mass is 234 g/mol. The summed E-state index contributed by atoms with van der Waals surface area (Å²) in [6, 6.07) is 9.44. The molecule has 4 nitrogen and oxygen atoms in total. The van der Waals surface area contributed by atoms with Crippen LogP contribution in [-0.4, -0.2) is 25.7 Å². The van der Waals surface area contributed by atoms with Gasteiger partial charge in [-0.25, -0.2) is 0 Å². The van der Waals surface area contributed by atoms with Crippen molar-refractivity contribution in [1.82, 2.24) is 0 Å². The number of dihydropyridines is 1. The Bertz CT molecular complexity index is 578. The predicted octanol–water partition coefficient (Wildman–Crippen LogP) is 0.491. The van der Waals surface area contributed by atoms with Crippen molar-refractivity contribution in [3.05, 3.63) is 42.0 Å². The van der Waals surface area contributed by atoms with Crippen molar-refractivity contribution >= 4 is 26.9 Å². The van der Waals surface area contributed by atoms with Crippen LogP contribution in [0.5, 0.6) is 0 Å². The predicted molar refractivity (Wildman–Crippen MR) is 64.8 cm³/mol. The maximum absolute atomic E-state index is 10.9. The molecule has 0 amide bonds. The Morgan fingerprint density at radius 1 is 1.19 bits per heavy atom. The van der Waals surface area contributed by atoms with E-state index < -0.39 is 16.5 Å². The molecule has 16 heavy (non-hydrogen) atoms. The lowest BCUT2D eigenvalue weighted by Gasteiger charge is -2.11. The van der Waals surface area contributed by atoms with Crippen LogP contribution in [0.3, 0.4) is 0 Å². The Hall–Kier alpha value is -1.72. The molecule has 2 rings (SSSR count). The lowest BCUT2D eigenvalue weighted by atomic mass is 10.0. The number of hydrogen-bond donors (Lipinski definition) is 1. The molecule has 0 spiro atoms. The van der Waals surface area contributed by atoms with Gasteiger partial charge in [0, 0.05) is 11.8 Å². The second-order valence-corrected chi connectivity index (χ2v) is 4.27. The summed E-state index contributed by atoms with van der Waals surface area (Å²) in [5.74, 6) is 0. The lowest BCUT2D eigenvalue weighted by molar-refractivity contribution is 0.626. The van der Waals surface area contributed by atoms with Crippen molar-refractivity contribution in [3.63, 3.8) is 0 Å². The minimum absolute atomic E-state index is 0.112. The summed E-state index contributed by atoms with van der Waals surface area (Å²) >= 11 is 0. The van der Waals surface area contributed by atoms with Crippen LogP contribution >= 0.6 is 0 Å². The van der Waals surface area contributed by atoms with E-state index in [1.807, 2.05) is 30.3 Å². The number of rotatable bonds is 1. The van der Waals surface area contributed by atoms with E-state index in [0.29, 0.717) is 0 Å². The number of aliphatic imine (C=N–C) groups is 1. The van der Waals surface area contributed by atoms with Gasteiger partial charge in [0.1, 0.15) is 11.0 Å². The van der Waals surface area contributed by atoms with Crippen molar-refractivity contribution in [2.24, 2.45) is 10.7 Å². The number of allylic oxidation sites excluding steroid dienone is 1. The molecule has 1 aromatic rings. The maximum Gasteiger partial charge on any atom is 0.220 e. The molecular formula is C11H10N2O2S. The fraction of sp³-hybridized carbons (Fsp3) is 0.0909. The molecule has 0 saturated carbocycles. The molecule has 5 heteroatoms. The number of nitrogens with two attached hydrogens (primary N) is 1. The Morgan fingerprint density at radius 3 is 2.50 bits per heavy atom. The summed E-state index contributed by atoms with van der Waals surface area (Å²) in [5, 5.41) is 0. The van der Waals surface area contributed by atoms with E-state index in [1.54, 1.807) is 12.3 Å². The van der Waals surface area contributed by atoms with Gasteiger partial charge in [-0.15, -0.1) is 0 Å². The van der Waals surface area contributed by atoms with Crippen molar-refractivity contribution in [2.75, 3.05) is 0 Å². The van der Waals surface area contributed by atoms with Gasteiger partial charge in [-0.05, 0) is 11.6 Å². The van der Waals surface area contributed by atoms with Crippen molar-refractivity contribution < 1.29 is 8.42 Å². The zero-order valence-corrected chi connectivity index (χ0v) is 9.18. The molecular weight excluding hydrogens is 224 g/mol. The molecule has 82 valence electrons. The van der Waals surface area contributed by atoms with Crippen LogP contribution in [0.15, 0.2) is 41.4 Å². The number of nitrogens with zero attached hydrogens (tertiary/aromatic N) is 1. The molecule has 0 bridgehead atoms. The van der Waals surface area contributed by atoms with Crippen molar-refractivity contribution in [1.29, 1.82) is 0 Å². The van der Waals surface area contributed by atoms with Gasteiger partial charge in [-0.2, -0.15) is 8.42 Å². The molecule has 1 aromatic carbocycles. The van der Waals surface area contributed by atoms with E-state index in [-0.39, 0.29) is 4.86 Å². The Morgan fingerprint density at radius 2 is 1.88 bits per heavy atom. The van der Waals surface area contributed by atoms with Crippen LogP contribution < -0.4 is 5.73 Å². The van der Waals surface area contributed by atoms with Crippen LogP contribution in [0.4, 0.5) is 0 Å². The summed E-state index contributed by atoms with van der Waals surface area (Å²) in [4.78, 5) is 4.06. The minimum Gasteiger partial charge on any atom is -0.305 e. The third-order valence-electron chi connectivity index (χ3n) is 2.26. The molecule has 0 saturated heterocycles. The van der Waals surface area contributed by atoms with E-state index >= 15 is 0 Å². The zero-order chi connectivity index (χ0) is 11.5. The van der Waals surface area contributed by atoms with Gasteiger partial charge in [0.25, 0.3) is 0 Å². The SMILES string of the molecule is NC1N=CC(c2ccccc2)=CC1=S(=O)=O. The molecule has 0 aliphatic carbocycles. The molecule has 1 aliphatic heterocycles. The summed E-state index contributed by atoms with van der Waals surface area (Å²) in [5.41, 5.74) is 7.22. The van der Waals surface area contributed by atoms with Crippen LogP contribution in [-0.2, 0) is 10.3 Å². The molecule has 2 N–H and O–H groups in total. The maximum atomic E-state index is 10.9. The molecule has 1 aliphatic rings. The van der Waals surface area contributed by atoms with E-state index in [9.17, 15) is 8.42 Å². The van der Waals surface area contributed by atoms with Crippen molar-refractivity contribution in [3.8, 4) is 0 Å². The van der Waals surface area contributed by atoms with Gasteiger partial charge in [0.05, 0.1) is 0 Å². The number of benzene rings is 1. The Kier molecular flexibility index (Phi) is 2.98. The third-order valence-corrected chi connectivity index (χ3v) is 3.01. The van der Waals surface area contributed by atoms with Gasteiger partial charge < -0.3 is 5.73 Å². The van der Waals surface area contributed by atoms with Gasteiger partial charge >= 0.3 is 0 Å². The smallest absolute Gasteiger partial charge is 0.220 e.